The van der Waals surface area contributed by atoms with E-state index >= 15 is 0 Å². The monoisotopic (exact) mass is 1430 g/mol. The van der Waals surface area contributed by atoms with E-state index in [2.05, 4.69) is 324 Å². The van der Waals surface area contributed by atoms with Gasteiger partial charge in [-0.15, -0.1) is 0 Å². The van der Waals surface area contributed by atoms with E-state index in [1.807, 2.05) is 0 Å². The van der Waals surface area contributed by atoms with Gasteiger partial charge in [0.1, 0.15) is 28.2 Å². The first-order valence-corrected chi connectivity index (χ1v) is 42.2. The number of benzene rings is 8. The van der Waals surface area contributed by atoms with Gasteiger partial charge in [0, 0.05) is 92.3 Å². The summed E-state index contributed by atoms with van der Waals surface area (Å²) in [5, 5.41) is 5.44. The fraction of sp³-hybridized carbons (Fsp3) is 0.423. The Labute approximate surface area is 650 Å². The van der Waals surface area contributed by atoms with Crippen LogP contribution in [0.2, 0.25) is 0 Å². The van der Waals surface area contributed by atoms with Crippen molar-refractivity contribution in [1.82, 2.24) is 0 Å². The molecule has 0 saturated heterocycles. The highest BCUT2D eigenvalue weighted by atomic mass is 15.0. The molecule has 4 heteroatoms. The van der Waals surface area contributed by atoms with Crippen molar-refractivity contribution in [2.45, 2.75) is 235 Å². The molecule has 4 saturated carbocycles. The van der Waals surface area contributed by atoms with Gasteiger partial charge in [0.2, 0.25) is 44.8 Å². The van der Waals surface area contributed by atoms with Crippen molar-refractivity contribution >= 4 is 43.6 Å². The molecule has 108 heavy (non-hydrogen) atoms. The highest BCUT2D eigenvalue weighted by Crippen LogP contribution is 2.42. The third-order valence-electron chi connectivity index (χ3n) is 25.1. The van der Waals surface area contributed by atoms with E-state index in [9.17, 15) is 0 Å². The molecule has 16 rings (SSSR count). The van der Waals surface area contributed by atoms with Crippen molar-refractivity contribution in [2.75, 3.05) is 0 Å². The number of nitrogens with zero attached hydrogens (tertiary/aromatic N) is 4. The normalized spacial score (nSPS) is 15.1. The van der Waals surface area contributed by atoms with Crippen molar-refractivity contribution in [1.29, 1.82) is 0 Å². The molecule has 0 radical (unpaired) electrons. The molecule has 0 aliphatic heterocycles. The number of pyridine rings is 4. The average molecular weight is 1430 g/mol. The average Bonchev–Trinajstić information content (AvgIpc) is 0.795. The zero-order valence-electron chi connectivity index (χ0n) is 69.0. The molecular weight excluding hydrogens is 1310 g/mol. The Balaban J connectivity index is 0.000000127. The van der Waals surface area contributed by atoms with Crippen LogP contribution in [0.25, 0.3) is 88.6 Å². The van der Waals surface area contributed by atoms with E-state index in [-0.39, 0.29) is 0 Å². The minimum Gasteiger partial charge on any atom is -0.194 e. The van der Waals surface area contributed by atoms with Crippen LogP contribution < -0.4 is 18.3 Å². The fourth-order valence-corrected chi connectivity index (χ4v) is 19.1. The molecule has 0 spiro atoms. The molecule has 8 aromatic carbocycles. The summed E-state index contributed by atoms with van der Waals surface area (Å²) >= 11 is 0. The third kappa shape index (κ3) is 17.8. The summed E-state index contributed by atoms with van der Waals surface area (Å²) < 4.78 is 9.54. The number of aromatic nitrogens is 4. The molecule has 4 aromatic heterocycles. The van der Waals surface area contributed by atoms with E-state index < -0.39 is 0 Å². The molecular formula is C104H128N4+4. The first-order valence-electron chi connectivity index (χ1n) is 42.2. The lowest BCUT2D eigenvalue weighted by Gasteiger charge is -2.15. The van der Waals surface area contributed by atoms with Gasteiger partial charge in [-0.05, 0) is 280 Å². The molecule has 12 aromatic rings. The van der Waals surface area contributed by atoms with E-state index in [0.29, 0.717) is 23.7 Å². The molecule has 4 heterocycles. The van der Waals surface area contributed by atoms with Crippen LogP contribution in [-0.4, -0.2) is 0 Å². The first-order chi connectivity index (χ1) is 52.1. The van der Waals surface area contributed by atoms with Crippen LogP contribution in [0.4, 0.5) is 0 Å². The third-order valence-corrected chi connectivity index (χ3v) is 25.1. The van der Waals surface area contributed by atoms with Gasteiger partial charge < -0.3 is 0 Å². The number of aryl methyl sites for hydroxylation is 8. The molecule has 0 atom stereocenters. The van der Waals surface area contributed by atoms with Gasteiger partial charge in [0.25, 0.3) is 0 Å². The lowest BCUT2D eigenvalue weighted by Crippen LogP contribution is -2.33. The van der Waals surface area contributed by atoms with Gasteiger partial charge in [-0.1, -0.05) is 192 Å². The van der Waals surface area contributed by atoms with Gasteiger partial charge in [0.05, 0.1) is 0 Å². The molecule has 4 aliphatic rings. The highest BCUT2D eigenvalue weighted by Gasteiger charge is 2.28. The second-order valence-corrected chi connectivity index (χ2v) is 35.2. The Hall–Kier alpha value is -8.60. The number of rotatable bonds is 16. The Morgan fingerprint density at radius 3 is 1.06 bits per heavy atom. The van der Waals surface area contributed by atoms with E-state index in [1.54, 1.807) is 0 Å². The summed E-state index contributed by atoms with van der Waals surface area (Å²) in [5.41, 5.74) is 33.6. The summed E-state index contributed by atoms with van der Waals surface area (Å²) in [6.45, 7) is 27.4. The van der Waals surface area contributed by atoms with Gasteiger partial charge >= 0.3 is 0 Å². The maximum atomic E-state index is 2.48. The number of para-hydroxylation sites is 1. The summed E-state index contributed by atoms with van der Waals surface area (Å²) in [6, 6.07) is 74.4. The van der Waals surface area contributed by atoms with Gasteiger partial charge in [-0.25, -0.2) is 0 Å². The van der Waals surface area contributed by atoms with Crippen molar-refractivity contribution in [3.63, 3.8) is 0 Å². The first kappa shape index (κ1) is 77.6. The van der Waals surface area contributed by atoms with E-state index in [4.69, 9.17) is 0 Å². The highest BCUT2D eigenvalue weighted by molar-refractivity contribution is 5.84. The van der Waals surface area contributed by atoms with Gasteiger partial charge in [0.15, 0.2) is 0 Å². The fourth-order valence-electron chi connectivity index (χ4n) is 19.1. The van der Waals surface area contributed by atoms with Gasteiger partial charge in [-0.3, -0.25) is 0 Å². The molecule has 0 bridgehead atoms. The van der Waals surface area contributed by atoms with Crippen LogP contribution in [0.3, 0.4) is 0 Å². The zero-order chi connectivity index (χ0) is 75.9. The van der Waals surface area contributed by atoms with Crippen molar-refractivity contribution < 1.29 is 18.3 Å². The molecule has 4 aliphatic carbocycles. The van der Waals surface area contributed by atoms with Crippen LogP contribution in [0, 0.1) is 51.4 Å². The minimum atomic E-state index is 0.653. The molecule has 560 valence electrons. The summed E-state index contributed by atoms with van der Waals surface area (Å²) in [7, 11) is 8.87. The predicted octanol–water partition coefficient (Wildman–Crippen LogP) is 26.0. The largest absolute Gasteiger partial charge is 0.213 e. The molecule has 4 nitrogen and oxygen atoms in total. The Morgan fingerprint density at radius 1 is 0.269 bits per heavy atom. The number of hydrogen-bond donors (Lipinski definition) is 0. The Kier molecular flexibility index (Phi) is 25.1. The van der Waals surface area contributed by atoms with Gasteiger partial charge in [-0.2, -0.15) is 18.3 Å². The predicted molar refractivity (Wildman–Crippen MR) is 460 cm³/mol. The Bertz CT molecular complexity index is 5030. The second kappa shape index (κ2) is 35.0. The smallest absolute Gasteiger partial charge is 0.194 e. The Morgan fingerprint density at radius 2 is 0.611 bits per heavy atom. The van der Waals surface area contributed by atoms with Crippen LogP contribution in [-0.2, 0) is 53.9 Å². The maximum Gasteiger partial charge on any atom is 0.213 e. The molecule has 0 amide bonds. The SMILES string of the molecule is Cc1ccc(C2CCCC2)cc1-c1cc(CC(C)C)c2ccccc2[n+]1C.Cc1ccc(C2CCCC2)cc1-c1ccc2c(CC(C)C)cccc2[n+]1C.Cc1ccc(C2CCCC2)cc1-c1ccc2cc(CC(C)C)ccc2[n+]1C.Cc1ccc(C2CCCC2)cc1-c1ccc2ccc(CC(C)C)cc2[n+]1C. The van der Waals surface area contributed by atoms with Crippen molar-refractivity contribution in [3.8, 4) is 45.0 Å². The standard InChI is InChI=1S/4C26H32N/c1-18(2)15-22-17-26(27(4)25-12-8-7-11-23(22)25)24-16-21(14-13-19(24)3)20-9-5-6-10-20;1-18(2)16-22-10-7-11-25-23(22)14-15-26(27(25)4)24-17-21(13-12-19(24)3)20-8-5-6-9-20;1-18(2)15-20-10-13-25-23(16-20)12-14-26(27(25)4)24-17-22(11-9-19(24)3)21-7-5-6-8-21;1-18(2)15-20-10-12-22-13-14-25(27(4)26(22)16-20)24-17-23(11-9-19(24)3)21-7-5-6-8-21/h7-8,11-14,16-18,20H,5-6,9-10,15H2,1-4H3;7,10-15,17-18,20H,5-6,8-9,16H2,1-4H3;2*9-14,16-18,21H,5-8,15H2,1-4H3/q4*+1. The number of hydrogen-bond acceptors (Lipinski definition) is 0. The molecule has 0 N–H and O–H groups in total. The molecule has 4 fully saturated rings. The number of fused-ring (bicyclic) bond motifs is 4. The summed E-state index contributed by atoms with van der Waals surface area (Å²) in [6.07, 6.45) is 26.4. The van der Waals surface area contributed by atoms with Crippen LogP contribution in [0.1, 0.15) is 249 Å². The lowest BCUT2D eigenvalue weighted by molar-refractivity contribution is -0.633. The van der Waals surface area contributed by atoms with Crippen LogP contribution >= 0.6 is 0 Å². The van der Waals surface area contributed by atoms with Crippen molar-refractivity contribution in [2.24, 2.45) is 51.9 Å². The van der Waals surface area contributed by atoms with E-state index in [0.717, 1.165) is 49.4 Å². The summed E-state index contributed by atoms with van der Waals surface area (Å²) in [5.74, 6) is 5.72. The van der Waals surface area contributed by atoms with Crippen LogP contribution in [0.15, 0.2) is 194 Å². The summed E-state index contributed by atoms with van der Waals surface area (Å²) in [4.78, 5) is 0. The molecule has 0 unspecified atom stereocenters. The topological polar surface area (TPSA) is 15.5 Å². The zero-order valence-corrected chi connectivity index (χ0v) is 69.0. The van der Waals surface area contributed by atoms with E-state index in [1.165, 1.54) is 258 Å². The van der Waals surface area contributed by atoms with Crippen molar-refractivity contribution in [3.05, 3.63) is 261 Å². The maximum absolute atomic E-state index is 2.48. The quantitative estimate of drug-likeness (QED) is 0.0857. The lowest BCUT2D eigenvalue weighted by atomic mass is 9.91. The second-order valence-electron chi connectivity index (χ2n) is 35.2. The van der Waals surface area contributed by atoms with Crippen LogP contribution in [0.5, 0.6) is 0 Å². The minimum absolute atomic E-state index is 0.653.